The highest BCUT2D eigenvalue weighted by molar-refractivity contribution is 7.52. The fraction of sp³-hybridized carbons (Fsp3) is 0.524. The number of anilines is 2. The summed E-state index contributed by atoms with van der Waals surface area (Å²) in [6, 6.07) is 0. The molecule has 2 unspecified atom stereocenters. The molecule has 25 heteroatoms. The van der Waals surface area contributed by atoms with Gasteiger partial charge < -0.3 is 50.2 Å². The van der Waals surface area contributed by atoms with E-state index in [-0.39, 0.29) is 34.1 Å². The summed E-state index contributed by atoms with van der Waals surface area (Å²) in [7, 11) is -9.72. The molecular weight excluding hydrogens is 662 g/mol. The second-order valence-electron chi connectivity index (χ2n) is 10.5. The fourth-order valence-electron chi connectivity index (χ4n) is 5.40. The van der Waals surface area contributed by atoms with Crippen molar-refractivity contribution in [2.75, 3.05) is 31.0 Å². The Bertz CT molecular complexity index is 1950. The monoisotopic (exact) mass is 688 g/mol. The van der Waals surface area contributed by atoms with Crippen molar-refractivity contribution in [1.82, 2.24) is 39.0 Å². The number of rotatable bonds is 2. The molecule has 0 saturated carbocycles. The number of nitrogens with one attached hydrogen (secondary N) is 1. The number of aliphatic hydroxyl groups excluding tert-OH is 2. The van der Waals surface area contributed by atoms with E-state index in [2.05, 4.69) is 29.9 Å². The minimum atomic E-state index is -5.08. The van der Waals surface area contributed by atoms with Gasteiger partial charge in [0.15, 0.2) is 35.1 Å². The summed E-state index contributed by atoms with van der Waals surface area (Å²) in [6.45, 7) is -1.50. The number of nitrogen functional groups attached to an aromatic ring is 2. The summed E-state index contributed by atoms with van der Waals surface area (Å²) in [5.74, 6) is -0.235. The highest BCUT2D eigenvalue weighted by atomic mass is 31.2. The van der Waals surface area contributed by atoms with E-state index in [0.29, 0.717) is 0 Å². The van der Waals surface area contributed by atoms with Crippen LogP contribution in [-0.2, 0) is 36.9 Å². The van der Waals surface area contributed by atoms with Crippen LogP contribution in [0.25, 0.3) is 22.3 Å². The number of ether oxygens (including phenoxy) is 3. The first kappa shape index (κ1) is 31.2. The average Bonchev–Trinajstić information content (AvgIpc) is 3.75. The van der Waals surface area contributed by atoms with Crippen LogP contribution in [0.1, 0.15) is 12.5 Å². The summed E-state index contributed by atoms with van der Waals surface area (Å²) in [6.07, 6.45) is -9.49. The van der Waals surface area contributed by atoms with E-state index in [4.69, 9.17) is 39.2 Å². The zero-order valence-corrected chi connectivity index (χ0v) is 24.9. The zero-order chi connectivity index (χ0) is 32.5. The summed E-state index contributed by atoms with van der Waals surface area (Å²) >= 11 is 0. The molecule has 248 valence electrons. The number of imidazole rings is 2. The maximum atomic E-state index is 13.2. The quantitative estimate of drug-likeness (QED) is 0.109. The first-order valence-electron chi connectivity index (χ1n) is 13.4. The molecule has 3 aliphatic heterocycles. The minimum absolute atomic E-state index is 0.0213. The largest absolute Gasteiger partial charge is 0.472 e. The van der Waals surface area contributed by atoms with Crippen molar-refractivity contribution in [3.05, 3.63) is 29.3 Å². The van der Waals surface area contributed by atoms with Crippen LogP contribution < -0.4 is 17.0 Å². The lowest BCUT2D eigenvalue weighted by atomic mass is 10.1. The molecule has 0 aliphatic carbocycles. The van der Waals surface area contributed by atoms with Gasteiger partial charge in [-0.3, -0.25) is 32.5 Å². The lowest BCUT2D eigenvalue weighted by Crippen LogP contribution is -2.36. The van der Waals surface area contributed by atoms with Gasteiger partial charge in [-0.25, -0.2) is 24.5 Å². The Kier molecular flexibility index (Phi) is 7.70. The van der Waals surface area contributed by atoms with Crippen molar-refractivity contribution < 1.29 is 56.9 Å². The third-order valence-corrected chi connectivity index (χ3v) is 9.55. The van der Waals surface area contributed by atoms with Gasteiger partial charge in [0, 0.05) is 0 Å². The lowest BCUT2D eigenvalue weighted by Gasteiger charge is -2.25. The van der Waals surface area contributed by atoms with E-state index in [0.717, 1.165) is 12.7 Å². The Morgan fingerprint density at radius 2 is 1.50 bits per heavy atom. The van der Waals surface area contributed by atoms with Gasteiger partial charge in [0.25, 0.3) is 5.56 Å². The third-order valence-electron chi connectivity index (χ3n) is 7.54. The van der Waals surface area contributed by atoms with Gasteiger partial charge in [0.05, 0.1) is 25.9 Å². The Morgan fingerprint density at radius 3 is 2.24 bits per heavy atom. The molecule has 0 aromatic carbocycles. The first-order valence-corrected chi connectivity index (χ1v) is 16.6. The van der Waals surface area contributed by atoms with E-state index < -0.39 is 89.6 Å². The van der Waals surface area contributed by atoms with Crippen LogP contribution in [0.2, 0.25) is 0 Å². The van der Waals surface area contributed by atoms with E-state index in [1.807, 2.05) is 0 Å². The molecule has 46 heavy (non-hydrogen) atoms. The van der Waals surface area contributed by atoms with Crippen molar-refractivity contribution >= 4 is 49.5 Å². The number of nitrogens with zero attached hydrogens (tertiary/aromatic N) is 7. The molecule has 0 amide bonds. The first-order chi connectivity index (χ1) is 21.8. The second-order valence-corrected chi connectivity index (χ2v) is 13.7. The molecule has 7 rings (SSSR count). The van der Waals surface area contributed by atoms with Gasteiger partial charge >= 0.3 is 15.4 Å². The number of hydrogen-bond acceptors (Lipinski definition) is 18. The SMILES string of the molecule is Nc1nc2c(ncn2[C@@H]2O[C@@H]3COP(=O)(O)O[C@@H]4[C@H](O)[C@@H](COP(=O)(O)CO[C@@H]2[C@@H]3O)O[C@H]4n2cnc3c(N)ncnc32)c(=O)[nH]1. The molecule has 9 N–H and O–H groups in total. The number of aromatic nitrogens is 8. The van der Waals surface area contributed by atoms with Gasteiger partial charge in [-0.05, 0) is 0 Å². The van der Waals surface area contributed by atoms with Crippen molar-refractivity contribution in [1.29, 1.82) is 0 Å². The highest BCUT2D eigenvalue weighted by Gasteiger charge is 2.52. The molecule has 23 nitrogen and oxygen atoms in total. The van der Waals surface area contributed by atoms with Crippen LogP contribution in [0.3, 0.4) is 0 Å². The Hall–Kier alpha value is -3.44. The smallest absolute Gasteiger partial charge is 0.387 e. The molecule has 3 fully saturated rings. The van der Waals surface area contributed by atoms with Crippen LogP contribution in [0, 0.1) is 0 Å². The Morgan fingerprint density at radius 1 is 0.870 bits per heavy atom. The maximum absolute atomic E-state index is 13.2. The van der Waals surface area contributed by atoms with Crippen molar-refractivity contribution in [2.24, 2.45) is 0 Å². The van der Waals surface area contributed by atoms with Crippen LogP contribution in [0.15, 0.2) is 23.8 Å². The van der Waals surface area contributed by atoms with Gasteiger partial charge in [0.2, 0.25) is 5.95 Å². The Balaban J connectivity index is 1.21. The third kappa shape index (κ3) is 5.49. The zero-order valence-electron chi connectivity index (χ0n) is 23.1. The van der Waals surface area contributed by atoms with E-state index in [1.165, 1.54) is 15.5 Å². The predicted molar refractivity (Wildman–Crippen MR) is 148 cm³/mol. The molecule has 3 saturated heterocycles. The molecular formula is C21H26N10O13P2. The molecule has 7 heterocycles. The number of phosphoric acid groups is 1. The van der Waals surface area contributed by atoms with Crippen LogP contribution in [0.5, 0.6) is 0 Å². The van der Waals surface area contributed by atoms with Gasteiger partial charge in [0.1, 0.15) is 54.8 Å². The fourth-order valence-corrected chi connectivity index (χ4v) is 7.15. The van der Waals surface area contributed by atoms with Crippen LogP contribution in [-0.4, -0.2) is 115 Å². The molecule has 10 atom stereocenters. The van der Waals surface area contributed by atoms with E-state index in [1.54, 1.807) is 0 Å². The topological polar surface area (TPSA) is 330 Å². The number of phosphoric ester groups is 1. The van der Waals surface area contributed by atoms with Crippen molar-refractivity contribution in [3.63, 3.8) is 0 Å². The van der Waals surface area contributed by atoms with E-state index >= 15 is 0 Å². The normalized spacial score (nSPS) is 37.4. The van der Waals surface area contributed by atoms with Crippen LogP contribution >= 0.6 is 15.4 Å². The summed E-state index contributed by atoms with van der Waals surface area (Å²) in [4.78, 5) is 56.0. The average molecular weight is 688 g/mol. The standard InChI is InChI=1S/C21H26N10O13P2/c22-15-9-16(25-3-24-15)30(4-26-9)20-14-12(33)7(43-20)1-40-45(35,36)6-39-13-11(32)8(2-41-46(37,38)44-14)42-19(13)31-5-27-10-17(31)28-21(23)29-18(10)34/h3-5,7-8,11-14,19-20,32-33H,1-2,6H2,(H,35,36)(H,37,38)(H2,22,24,25)(H3,23,28,29,34)/t7-,8-,11-,12-,13-,14-,19-,20-/m1/s1. The minimum Gasteiger partial charge on any atom is -0.387 e. The van der Waals surface area contributed by atoms with Crippen molar-refractivity contribution in [2.45, 2.75) is 49.1 Å². The Labute approximate surface area is 255 Å². The molecule has 4 bridgehead atoms. The lowest BCUT2D eigenvalue weighted by molar-refractivity contribution is -0.0665. The number of nitrogens with two attached hydrogens (primary N) is 2. The summed E-state index contributed by atoms with van der Waals surface area (Å²) in [5.41, 5.74) is 10.9. The van der Waals surface area contributed by atoms with Crippen LogP contribution in [0.4, 0.5) is 11.8 Å². The summed E-state index contributed by atoms with van der Waals surface area (Å²) < 4.78 is 61.8. The highest BCUT2D eigenvalue weighted by Crippen LogP contribution is 2.52. The summed E-state index contributed by atoms with van der Waals surface area (Å²) in [5, 5.41) is 22.2. The van der Waals surface area contributed by atoms with Gasteiger partial charge in [-0.15, -0.1) is 0 Å². The molecule has 4 aromatic rings. The number of aliphatic hydroxyl groups is 2. The molecule has 0 spiro atoms. The number of H-pyrrole nitrogens is 1. The number of fused-ring (bicyclic) bond motifs is 6. The van der Waals surface area contributed by atoms with E-state index in [9.17, 15) is 33.9 Å². The number of hydrogen-bond donors (Lipinski definition) is 7. The molecule has 4 aromatic heterocycles. The number of aromatic amines is 1. The predicted octanol–water partition coefficient (Wildman–Crippen LogP) is -2.30. The maximum Gasteiger partial charge on any atom is 0.472 e. The van der Waals surface area contributed by atoms with Gasteiger partial charge in [-0.2, -0.15) is 4.98 Å². The van der Waals surface area contributed by atoms with Gasteiger partial charge in [-0.1, -0.05) is 0 Å². The second kappa shape index (κ2) is 11.4. The molecule has 0 radical (unpaired) electrons. The molecule has 3 aliphatic rings. The van der Waals surface area contributed by atoms with Crippen molar-refractivity contribution in [3.8, 4) is 0 Å².